The van der Waals surface area contributed by atoms with Gasteiger partial charge >= 0.3 is 0 Å². The second-order valence-electron chi connectivity index (χ2n) is 5.12. The maximum absolute atomic E-state index is 5.37. The third-order valence-corrected chi connectivity index (χ3v) is 4.47. The topological polar surface area (TPSA) is 85.4 Å². The number of fused-ring (bicyclic) bond motifs is 1. The Kier molecular flexibility index (Phi) is 3.58. The lowest BCUT2D eigenvalue weighted by atomic mass is 10.3. The average Bonchev–Trinajstić information content (AvgIpc) is 3.26. The SMILES string of the molecule is Cc1ccnc2nc(CSc3nncn3Cc3ccco3)[nH]c12. The molecule has 1 N–H and O–H groups in total. The van der Waals surface area contributed by atoms with E-state index in [1.165, 1.54) is 0 Å². The molecule has 8 heteroatoms. The summed E-state index contributed by atoms with van der Waals surface area (Å²) in [6.07, 6.45) is 5.14. The summed E-state index contributed by atoms with van der Waals surface area (Å²) >= 11 is 1.58. The Morgan fingerprint density at radius 1 is 1.35 bits per heavy atom. The minimum Gasteiger partial charge on any atom is -0.467 e. The van der Waals surface area contributed by atoms with Crippen LogP contribution in [0.25, 0.3) is 11.2 Å². The van der Waals surface area contributed by atoms with E-state index in [0.29, 0.717) is 12.3 Å². The van der Waals surface area contributed by atoms with E-state index < -0.39 is 0 Å². The van der Waals surface area contributed by atoms with Crippen LogP contribution in [-0.2, 0) is 12.3 Å². The molecular weight excluding hydrogens is 312 g/mol. The number of nitrogens with zero attached hydrogens (tertiary/aromatic N) is 5. The summed E-state index contributed by atoms with van der Waals surface area (Å²) in [5.41, 5.74) is 2.87. The standard InChI is InChI=1S/C15H14N6OS/c1-10-4-5-16-14-13(10)18-12(19-14)8-23-15-20-17-9-21(15)7-11-3-2-6-22-11/h2-6,9H,7-8H2,1H3,(H,16,18,19). The Bertz CT molecular complexity index is 927. The van der Waals surface area contributed by atoms with Crippen molar-refractivity contribution < 1.29 is 4.42 Å². The van der Waals surface area contributed by atoms with Gasteiger partial charge in [0.2, 0.25) is 0 Å². The highest BCUT2D eigenvalue weighted by Gasteiger charge is 2.10. The van der Waals surface area contributed by atoms with Crippen molar-refractivity contribution in [3.8, 4) is 0 Å². The van der Waals surface area contributed by atoms with E-state index in [4.69, 9.17) is 4.42 Å². The predicted octanol–water partition coefficient (Wildman–Crippen LogP) is 2.79. The number of aromatic nitrogens is 6. The van der Waals surface area contributed by atoms with Gasteiger partial charge < -0.3 is 14.0 Å². The number of nitrogens with one attached hydrogen (secondary N) is 1. The highest BCUT2D eigenvalue weighted by atomic mass is 32.2. The van der Waals surface area contributed by atoms with E-state index in [1.54, 1.807) is 30.5 Å². The second-order valence-corrected chi connectivity index (χ2v) is 6.06. The van der Waals surface area contributed by atoms with E-state index in [1.807, 2.05) is 29.7 Å². The summed E-state index contributed by atoms with van der Waals surface area (Å²) in [5, 5.41) is 8.97. The van der Waals surface area contributed by atoms with Gasteiger partial charge in [0.25, 0.3) is 0 Å². The van der Waals surface area contributed by atoms with Crippen molar-refractivity contribution in [2.75, 3.05) is 0 Å². The molecule has 4 rings (SSSR count). The number of aryl methyl sites for hydroxylation is 1. The molecule has 0 amide bonds. The van der Waals surface area contributed by atoms with Crippen LogP contribution in [0.5, 0.6) is 0 Å². The van der Waals surface area contributed by atoms with Gasteiger partial charge in [-0.1, -0.05) is 11.8 Å². The summed E-state index contributed by atoms with van der Waals surface area (Å²) in [6.45, 7) is 2.65. The minimum atomic E-state index is 0.614. The molecule has 4 aromatic rings. The molecule has 0 aliphatic heterocycles. The summed E-state index contributed by atoms with van der Waals surface area (Å²) in [5.74, 6) is 2.42. The first-order valence-corrected chi connectivity index (χ1v) is 8.11. The number of thioether (sulfide) groups is 1. The first-order valence-electron chi connectivity index (χ1n) is 7.13. The van der Waals surface area contributed by atoms with Gasteiger partial charge in [-0.25, -0.2) is 9.97 Å². The van der Waals surface area contributed by atoms with Crippen molar-refractivity contribution in [2.24, 2.45) is 0 Å². The van der Waals surface area contributed by atoms with Crippen molar-refractivity contribution in [3.05, 3.63) is 54.1 Å². The molecule has 0 unspecified atom stereocenters. The molecule has 0 fully saturated rings. The Morgan fingerprint density at radius 2 is 2.30 bits per heavy atom. The van der Waals surface area contributed by atoms with Crippen LogP contribution < -0.4 is 0 Å². The fourth-order valence-electron chi connectivity index (χ4n) is 2.32. The molecule has 116 valence electrons. The average molecular weight is 326 g/mol. The molecule has 0 aromatic carbocycles. The van der Waals surface area contributed by atoms with Gasteiger partial charge in [-0.3, -0.25) is 0 Å². The zero-order valence-corrected chi connectivity index (χ0v) is 13.2. The number of H-pyrrole nitrogens is 1. The highest BCUT2D eigenvalue weighted by molar-refractivity contribution is 7.98. The molecule has 0 saturated heterocycles. The van der Waals surface area contributed by atoms with Crippen LogP contribution in [0, 0.1) is 6.92 Å². The summed E-state index contributed by atoms with van der Waals surface area (Å²) in [6, 6.07) is 5.77. The Hall–Kier alpha value is -2.61. The van der Waals surface area contributed by atoms with Crippen molar-refractivity contribution in [1.29, 1.82) is 0 Å². The maximum atomic E-state index is 5.37. The van der Waals surface area contributed by atoms with Crippen molar-refractivity contribution in [3.63, 3.8) is 0 Å². The van der Waals surface area contributed by atoms with Gasteiger partial charge in [0.05, 0.1) is 24.1 Å². The van der Waals surface area contributed by atoms with Crippen LogP contribution in [-0.4, -0.2) is 29.7 Å². The number of hydrogen-bond acceptors (Lipinski definition) is 6. The first kappa shape index (κ1) is 14.0. The molecule has 0 atom stereocenters. The fraction of sp³-hybridized carbons (Fsp3) is 0.200. The number of furan rings is 1. The number of aromatic amines is 1. The van der Waals surface area contributed by atoms with E-state index in [-0.39, 0.29) is 0 Å². The second kappa shape index (κ2) is 5.88. The molecule has 0 saturated carbocycles. The zero-order valence-electron chi connectivity index (χ0n) is 12.4. The highest BCUT2D eigenvalue weighted by Crippen LogP contribution is 2.22. The molecule has 4 aromatic heterocycles. The van der Waals surface area contributed by atoms with E-state index >= 15 is 0 Å². The van der Waals surface area contributed by atoms with Gasteiger partial charge in [0, 0.05) is 6.20 Å². The third kappa shape index (κ3) is 2.85. The predicted molar refractivity (Wildman–Crippen MR) is 86.0 cm³/mol. The van der Waals surface area contributed by atoms with Crippen molar-refractivity contribution >= 4 is 22.9 Å². The molecule has 0 spiro atoms. The van der Waals surface area contributed by atoms with Crippen LogP contribution in [0.3, 0.4) is 0 Å². The quantitative estimate of drug-likeness (QED) is 0.568. The molecule has 23 heavy (non-hydrogen) atoms. The first-order chi connectivity index (χ1) is 11.3. The van der Waals surface area contributed by atoms with E-state index in [2.05, 4.69) is 25.1 Å². The lowest BCUT2D eigenvalue weighted by Crippen LogP contribution is -1.99. The smallest absolute Gasteiger partial charge is 0.191 e. The molecule has 0 bridgehead atoms. The van der Waals surface area contributed by atoms with Crippen LogP contribution in [0.15, 0.2) is 46.6 Å². The van der Waals surface area contributed by atoms with Crippen molar-refractivity contribution in [1.82, 2.24) is 29.7 Å². The van der Waals surface area contributed by atoms with Gasteiger partial charge in [-0.05, 0) is 30.7 Å². The van der Waals surface area contributed by atoms with Gasteiger partial charge in [0.1, 0.15) is 17.9 Å². The number of hydrogen-bond donors (Lipinski definition) is 1. The Morgan fingerprint density at radius 3 is 3.13 bits per heavy atom. The summed E-state index contributed by atoms with van der Waals surface area (Å²) < 4.78 is 7.32. The van der Waals surface area contributed by atoms with Gasteiger partial charge in [0.15, 0.2) is 10.8 Å². The van der Waals surface area contributed by atoms with Crippen LogP contribution in [0.2, 0.25) is 0 Å². The molecule has 0 aliphatic rings. The molecule has 7 nitrogen and oxygen atoms in total. The lowest BCUT2D eigenvalue weighted by molar-refractivity contribution is 0.484. The molecule has 0 aliphatic carbocycles. The molecule has 4 heterocycles. The lowest BCUT2D eigenvalue weighted by Gasteiger charge is -2.03. The van der Waals surface area contributed by atoms with E-state index in [9.17, 15) is 0 Å². The Labute approximate surface area is 136 Å². The maximum Gasteiger partial charge on any atom is 0.191 e. The van der Waals surface area contributed by atoms with Gasteiger partial charge in [-0.2, -0.15) is 0 Å². The summed E-state index contributed by atoms with van der Waals surface area (Å²) in [4.78, 5) is 12.1. The monoisotopic (exact) mass is 326 g/mol. The fourth-order valence-corrected chi connectivity index (χ4v) is 3.10. The van der Waals surface area contributed by atoms with Crippen LogP contribution >= 0.6 is 11.8 Å². The molecular formula is C15H14N6OS. The Balaban J connectivity index is 1.50. The number of pyridine rings is 1. The number of rotatable bonds is 5. The summed E-state index contributed by atoms with van der Waals surface area (Å²) in [7, 11) is 0. The van der Waals surface area contributed by atoms with Crippen LogP contribution in [0.1, 0.15) is 17.1 Å². The normalized spacial score (nSPS) is 11.3. The van der Waals surface area contributed by atoms with Gasteiger partial charge in [-0.15, -0.1) is 10.2 Å². The zero-order chi connectivity index (χ0) is 15.6. The minimum absolute atomic E-state index is 0.614. The van der Waals surface area contributed by atoms with Crippen molar-refractivity contribution in [2.45, 2.75) is 24.4 Å². The van der Waals surface area contributed by atoms with Crippen LogP contribution in [0.4, 0.5) is 0 Å². The largest absolute Gasteiger partial charge is 0.467 e. The number of imidazole rings is 1. The molecule has 0 radical (unpaired) electrons. The van der Waals surface area contributed by atoms with E-state index in [0.717, 1.165) is 33.5 Å². The third-order valence-electron chi connectivity index (χ3n) is 3.47.